The van der Waals surface area contributed by atoms with Crippen molar-refractivity contribution in [3.8, 4) is 0 Å². The van der Waals surface area contributed by atoms with Gasteiger partial charge in [0.1, 0.15) is 0 Å². The number of hydrogen-bond donors (Lipinski definition) is 2. The van der Waals surface area contributed by atoms with E-state index in [1.165, 1.54) is 0 Å². The first kappa shape index (κ1) is 12.5. The van der Waals surface area contributed by atoms with E-state index in [0.717, 1.165) is 0 Å². The summed E-state index contributed by atoms with van der Waals surface area (Å²) >= 11 is 0. The molecule has 0 aliphatic heterocycles. The molecule has 1 saturated carbocycles. The van der Waals surface area contributed by atoms with Gasteiger partial charge in [0.15, 0.2) is 0 Å². The van der Waals surface area contributed by atoms with E-state index in [4.69, 9.17) is 0 Å². The minimum Gasteiger partial charge on any atom is -0.392 e. The molecule has 0 heterocycles. The minimum absolute atomic E-state index is 0.0244. The Morgan fingerprint density at radius 2 is 2.00 bits per heavy atom. The number of hydrogen-bond acceptors (Lipinski definition) is 2. The lowest BCUT2D eigenvalue weighted by molar-refractivity contribution is -0.130. The van der Waals surface area contributed by atoms with Gasteiger partial charge in [-0.25, -0.2) is 0 Å². The Kier molecular flexibility index (Phi) is 3.15. The van der Waals surface area contributed by atoms with E-state index < -0.39 is 0 Å². The summed E-state index contributed by atoms with van der Waals surface area (Å²) in [7, 11) is 0. The maximum atomic E-state index is 11.7. The molecule has 3 nitrogen and oxygen atoms in total. The second-order valence-electron chi connectivity index (χ2n) is 6.43. The second kappa shape index (κ2) is 3.78. The first-order chi connectivity index (χ1) is 6.63. The van der Waals surface area contributed by atoms with Crippen LogP contribution in [0.15, 0.2) is 0 Å². The van der Waals surface area contributed by atoms with Crippen LogP contribution >= 0.6 is 0 Å². The second-order valence-corrected chi connectivity index (χ2v) is 6.43. The Hall–Kier alpha value is -0.570. The molecule has 15 heavy (non-hydrogen) atoms. The van der Waals surface area contributed by atoms with Gasteiger partial charge in [0.25, 0.3) is 0 Å². The first-order valence-corrected chi connectivity index (χ1v) is 5.60. The summed E-state index contributed by atoms with van der Waals surface area (Å²) in [5.41, 5.74) is -0.149. The van der Waals surface area contributed by atoms with E-state index in [-0.39, 0.29) is 28.9 Å². The van der Waals surface area contributed by atoms with Gasteiger partial charge in [0.05, 0.1) is 6.10 Å². The molecular formula is C12H23NO2. The SMILES string of the molecule is CC(C)(C)CC(=O)NC1CC(O)C1(C)C. The molecular weight excluding hydrogens is 190 g/mol. The highest BCUT2D eigenvalue weighted by atomic mass is 16.3. The van der Waals surface area contributed by atoms with Gasteiger partial charge in [0, 0.05) is 17.9 Å². The van der Waals surface area contributed by atoms with Crippen molar-refractivity contribution in [2.24, 2.45) is 10.8 Å². The molecule has 0 bridgehead atoms. The van der Waals surface area contributed by atoms with E-state index in [9.17, 15) is 9.90 Å². The van der Waals surface area contributed by atoms with E-state index in [1.54, 1.807) is 0 Å². The molecule has 88 valence electrons. The molecule has 2 N–H and O–H groups in total. The van der Waals surface area contributed by atoms with Crippen LogP contribution in [0, 0.1) is 10.8 Å². The molecule has 2 unspecified atom stereocenters. The summed E-state index contributed by atoms with van der Waals surface area (Å²) in [4.78, 5) is 11.7. The van der Waals surface area contributed by atoms with Crippen LogP contribution in [-0.2, 0) is 4.79 Å². The summed E-state index contributed by atoms with van der Waals surface area (Å²) in [6.07, 6.45) is 0.941. The van der Waals surface area contributed by atoms with Crippen molar-refractivity contribution >= 4 is 5.91 Å². The number of carbonyl (C=O) groups is 1. The van der Waals surface area contributed by atoms with E-state index >= 15 is 0 Å². The fourth-order valence-corrected chi connectivity index (χ4v) is 1.87. The topological polar surface area (TPSA) is 49.3 Å². The lowest BCUT2D eigenvalue weighted by atomic mass is 9.64. The number of aliphatic hydroxyl groups is 1. The monoisotopic (exact) mass is 213 g/mol. The maximum Gasteiger partial charge on any atom is 0.220 e. The predicted octanol–water partition coefficient (Wildman–Crippen LogP) is 1.70. The van der Waals surface area contributed by atoms with Gasteiger partial charge >= 0.3 is 0 Å². The molecule has 0 radical (unpaired) electrons. The van der Waals surface area contributed by atoms with Gasteiger partial charge in [0.2, 0.25) is 5.91 Å². The Labute approximate surface area is 92.3 Å². The van der Waals surface area contributed by atoms with Crippen LogP contribution < -0.4 is 5.32 Å². The van der Waals surface area contributed by atoms with Crippen molar-refractivity contribution in [3.05, 3.63) is 0 Å². The molecule has 1 rings (SSSR count). The Morgan fingerprint density at radius 3 is 2.33 bits per heavy atom. The van der Waals surface area contributed by atoms with E-state index in [2.05, 4.69) is 5.32 Å². The molecule has 1 amide bonds. The van der Waals surface area contributed by atoms with Crippen LogP contribution in [0.1, 0.15) is 47.5 Å². The molecule has 1 aliphatic rings. The van der Waals surface area contributed by atoms with Crippen LogP contribution in [-0.4, -0.2) is 23.2 Å². The summed E-state index contributed by atoms with van der Waals surface area (Å²) in [6, 6.07) is 0.127. The lowest BCUT2D eigenvalue weighted by Crippen LogP contribution is -2.61. The Balaban J connectivity index is 2.41. The molecule has 1 fully saturated rings. The zero-order chi connectivity index (χ0) is 11.9. The normalized spacial score (nSPS) is 29.5. The standard InChI is InChI=1S/C12H23NO2/c1-11(2,3)7-10(15)13-8-6-9(14)12(8,4)5/h8-9,14H,6-7H2,1-5H3,(H,13,15). The molecule has 3 heteroatoms. The van der Waals surface area contributed by atoms with Gasteiger partial charge in [-0.2, -0.15) is 0 Å². The Morgan fingerprint density at radius 1 is 1.47 bits per heavy atom. The molecule has 0 saturated heterocycles. The van der Waals surface area contributed by atoms with Crippen LogP contribution in [0.3, 0.4) is 0 Å². The largest absolute Gasteiger partial charge is 0.392 e. The lowest BCUT2D eigenvalue weighted by Gasteiger charge is -2.49. The third-order valence-corrected chi connectivity index (χ3v) is 3.24. The predicted molar refractivity (Wildman–Crippen MR) is 60.4 cm³/mol. The van der Waals surface area contributed by atoms with Gasteiger partial charge < -0.3 is 10.4 Å². The van der Waals surface area contributed by atoms with Crippen LogP contribution in [0.25, 0.3) is 0 Å². The highest BCUT2D eigenvalue weighted by Crippen LogP contribution is 2.40. The van der Waals surface area contributed by atoms with Gasteiger partial charge in [-0.1, -0.05) is 34.6 Å². The average molecular weight is 213 g/mol. The third kappa shape index (κ3) is 2.94. The van der Waals surface area contributed by atoms with Gasteiger partial charge in [-0.3, -0.25) is 4.79 Å². The molecule has 1 aliphatic carbocycles. The quantitative estimate of drug-likeness (QED) is 0.733. The molecule has 2 atom stereocenters. The van der Waals surface area contributed by atoms with Crippen LogP contribution in [0.5, 0.6) is 0 Å². The number of aliphatic hydroxyl groups excluding tert-OH is 1. The highest BCUT2D eigenvalue weighted by molar-refractivity contribution is 5.77. The Bertz CT molecular complexity index is 253. The van der Waals surface area contributed by atoms with Crippen LogP contribution in [0.2, 0.25) is 0 Å². The van der Waals surface area contributed by atoms with Crippen LogP contribution in [0.4, 0.5) is 0 Å². The number of nitrogens with one attached hydrogen (secondary N) is 1. The minimum atomic E-state index is -0.280. The van der Waals surface area contributed by atoms with Gasteiger partial charge in [-0.15, -0.1) is 0 Å². The molecule has 0 spiro atoms. The zero-order valence-corrected chi connectivity index (χ0v) is 10.4. The number of amides is 1. The van der Waals surface area contributed by atoms with Crippen molar-refractivity contribution in [1.29, 1.82) is 0 Å². The molecule has 0 aromatic carbocycles. The first-order valence-electron chi connectivity index (χ1n) is 5.60. The summed E-state index contributed by atoms with van der Waals surface area (Å²) in [6.45, 7) is 10.1. The number of rotatable bonds is 2. The van der Waals surface area contributed by atoms with Crippen molar-refractivity contribution in [2.45, 2.75) is 59.6 Å². The van der Waals surface area contributed by atoms with Gasteiger partial charge in [-0.05, 0) is 11.8 Å². The summed E-state index contributed by atoms with van der Waals surface area (Å²) < 4.78 is 0. The van der Waals surface area contributed by atoms with Crippen molar-refractivity contribution < 1.29 is 9.90 Å². The van der Waals surface area contributed by atoms with Crippen molar-refractivity contribution in [2.75, 3.05) is 0 Å². The highest BCUT2D eigenvalue weighted by Gasteiger charge is 2.47. The molecule has 0 aromatic heterocycles. The molecule has 0 aromatic rings. The summed E-state index contributed by atoms with van der Waals surface area (Å²) in [5, 5.41) is 12.5. The van der Waals surface area contributed by atoms with E-state index in [0.29, 0.717) is 12.8 Å². The summed E-state index contributed by atoms with van der Waals surface area (Å²) in [5.74, 6) is 0.0903. The smallest absolute Gasteiger partial charge is 0.220 e. The maximum absolute atomic E-state index is 11.7. The fourth-order valence-electron chi connectivity index (χ4n) is 1.87. The van der Waals surface area contributed by atoms with Crippen molar-refractivity contribution in [1.82, 2.24) is 5.32 Å². The number of carbonyl (C=O) groups excluding carboxylic acids is 1. The fraction of sp³-hybridized carbons (Fsp3) is 0.917. The van der Waals surface area contributed by atoms with E-state index in [1.807, 2.05) is 34.6 Å². The average Bonchev–Trinajstić information content (AvgIpc) is 2.00. The zero-order valence-electron chi connectivity index (χ0n) is 10.4. The third-order valence-electron chi connectivity index (χ3n) is 3.24. The van der Waals surface area contributed by atoms with Crippen molar-refractivity contribution in [3.63, 3.8) is 0 Å².